The molecule has 0 saturated heterocycles. The zero-order chi connectivity index (χ0) is 16.0. The van der Waals surface area contributed by atoms with Crippen molar-refractivity contribution in [2.75, 3.05) is 6.61 Å². The Morgan fingerprint density at radius 1 is 1.24 bits per heavy atom. The third-order valence-corrected chi connectivity index (χ3v) is 5.43. The van der Waals surface area contributed by atoms with E-state index in [0.29, 0.717) is 6.61 Å². The number of unbranched alkanes of at least 4 members (excludes halogenated alkanes) is 1. The summed E-state index contributed by atoms with van der Waals surface area (Å²) < 4.78 is 9.39. The highest BCUT2D eigenvalue weighted by atomic mass is 127. The van der Waals surface area contributed by atoms with Crippen LogP contribution >= 0.6 is 67.8 Å². The molecular weight excluding hydrogens is 609 g/mol. The minimum absolute atomic E-state index is 0.277. The van der Waals surface area contributed by atoms with Crippen LogP contribution in [0.15, 0.2) is 17.3 Å². The number of rotatable bonds is 7. The van der Waals surface area contributed by atoms with Crippen LogP contribution in [0.3, 0.4) is 0 Å². The number of hydrogen-bond acceptors (Lipinski definition) is 3. The van der Waals surface area contributed by atoms with E-state index in [1.54, 1.807) is 0 Å². The molecule has 1 rings (SSSR count). The molecule has 4 nitrogen and oxygen atoms in total. The molecule has 3 N–H and O–H groups in total. The highest BCUT2D eigenvalue weighted by Crippen LogP contribution is 2.30. The molecule has 0 aliphatic carbocycles. The fourth-order valence-corrected chi connectivity index (χ4v) is 5.67. The number of halogens is 3. The van der Waals surface area contributed by atoms with Crippen LogP contribution in [-0.4, -0.2) is 17.6 Å². The van der Waals surface area contributed by atoms with E-state index in [1.807, 2.05) is 13.8 Å². The lowest BCUT2D eigenvalue weighted by Crippen LogP contribution is -2.31. The maximum absolute atomic E-state index is 8.74. The summed E-state index contributed by atoms with van der Waals surface area (Å²) in [5.41, 5.74) is 5.40. The van der Waals surface area contributed by atoms with Crippen molar-refractivity contribution in [3.05, 3.63) is 22.8 Å². The van der Waals surface area contributed by atoms with E-state index in [-0.39, 0.29) is 11.3 Å². The standard InChI is InChI=1S/C14H19I3N2O2/c1-14(2,13(18)19-20)5-3-4-6-21-12-10(16)7-9(15)8-11(12)17/h7-8,20H,3-6H2,1-2H3,(H2,18,19). The Morgan fingerprint density at radius 2 is 1.81 bits per heavy atom. The SMILES string of the molecule is CC(C)(CCCCOc1c(I)cc(I)cc1I)C(N)=NO. The van der Waals surface area contributed by atoms with Crippen molar-refractivity contribution in [2.45, 2.75) is 33.1 Å². The third-order valence-electron chi connectivity index (χ3n) is 3.21. The van der Waals surface area contributed by atoms with Gasteiger partial charge in [-0.3, -0.25) is 0 Å². The molecule has 0 heterocycles. The zero-order valence-electron chi connectivity index (χ0n) is 12.0. The Labute approximate surface area is 166 Å². The first-order valence-corrected chi connectivity index (χ1v) is 9.77. The Bertz CT molecular complexity index is 496. The maximum atomic E-state index is 8.74. The second kappa shape index (κ2) is 8.94. The maximum Gasteiger partial charge on any atom is 0.145 e. The molecule has 0 saturated carbocycles. The van der Waals surface area contributed by atoms with Crippen LogP contribution in [0.4, 0.5) is 0 Å². The lowest BCUT2D eigenvalue weighted by Gasteiger charge is -2.22. The molecule has 7 heteroatoms. The molecule has 0 atom stereocenters. The van der Waals surface area contributed by atoms with Crippen LogP contribution in [0.25, 0.3) is 0 Å². The largest absolute Gasteiger partial charge is 0.491 e. The van der Waals surface area contributed by atoms with Gasteiger partial charge in [-0.05, 0) is 99.2 Å². The van der Waals surface area contributed by atoms with Crippen LogP contribution in [0.2, 0.25) is 0 Å². The van der Waals surface area contributed by atoms with Crippen LogP contribution in [0, 0.1) is 16.1 Å². The van der Waals surface area contributed by atoms with Gasteiger partial charge in [0, 0.05) is 8.99 Å². The van der Waals surface area contributed by atoms with Crippen molar-refractivity contribution >= 4 is 73.6 Å². The predicted molar refractivity (Wildman–Crippen MR) is 111 cm³/mol. The van der Waals surface area contributed by atoms with Crippen LogP contribution < -0.4 is 10.5 Å². The third kappa shape index (κ3) is 6.24. The number of oxime groups is 1. The summed E-state index contributed by atoms with van der Waals surface area (Å²) in [7, 11) is 0. The summed E-state index contributed by atoms with van der Waals surface area (Å²) in [5, 5.41) is 11.8. The minimum atomic E-state index is -0.277. The Balaban J connectivity index is 2.42. The highest BCUT2D eigenvalue weighted by molar-refractivity contribution is 14.1. The molecule has 0 amide bonds. The second-order valence-electron chi connectivity index (χ2n) is 5.37. The summed E-state index contributed by atoms with van der Waals surface area (Å²) in [6.45, 7) is 4.64. The van der Waals surface area contributed by atoms with Gasteiger partial charge in [0.15, 0.2) is 0 Å². The summed E-state index contributed by atoms with van der Waals surface area (Å²) in [4.78, 5) is 0. The lowest BCUT2D eigenvalue weighted by molar-refractivity contribution is 0.286. The number of nitrogens with zero attached hydrogens (tertiary/aromatic N) is 1. The summed E-state index contributed by atoms with van der Waals surface area (Å²) in [5.74, 6) is 1.25. The molecule has 0 aromatic heterocycles. The average Bonchev–Trinajstić information content (AvgIpc) is 2.39. The molecule has 0 unspecified atom stereocenters. The smallest absolute Gasteiger partial charge is 0.145 e. The molecule has 118 valence electrons. The van der Waals surface area contributed by atoms with Crippen molar-refractivity contribution in [2.24, 2.45) is 16.3 Å². The molecule has 0 bridgehead atoms. The molecule has 0 aliphatic heterocycles. The van der Waals surface area contributed by atoms with Crippen LogP contribution in [-0.2, 0) is 0 Å². The first-order chi connectivity index (χ1) is 9.77. The summed E-state index contributed by atoms with van der Waals surface area (Å²) in [6, 6.07) is 4.22. The number of hydrogen-bond donors (Lipinski definition) is 2. The van der Waals surface area contributed by atoms with E-state index in [4.69, 9.17) is 15.7 Å². The first kappa shape index (κ1) is 19.5. The van der Waals surface area contributed by atoms with Gasteiger partial charge in [0.05, 0.1) is 13.7 Å². The summed E-state index contributed by atoms with van der Waals surface area (Å²) in [6.07, 6.45) is 2.79. The zero-order valence-corrected chi connectivity index (χ0v) is 18.5. The van der Waals surface area contributed by atoms with E-state index in [0.717, 1.165) is 32.2 Å². The van der Waals surface area contributed by atoms with Gasteiger partial charge in [-0.2, -0.15) is 0 Å². The molecule has 0 spiro atoms. The van der Waals surface area contributed by atoms with Crippen molar-refractivity contribution in [3.8, 4) is 5.75 Å². The van der Waals surface area contributed by atoms with E-state index in [2.05, 4.69) is 85.1 Å². The van der Waals surface area contributed by atoms with Gasteiger partial charge in [-0.1, -0.05) is 19.0 Å². The van der Waals surface area contributed by atoms with Crippen LogP contribution in [0.5, 0.6) is 5.75 Å². The molecule has 0 radical (unpaired) electrons. The quantitative estimate of drug-likeness (QED) is 0.114. The van der Waals surface area contributed by atoms with Gasteiger partial charge in [-0.25, -0.2) is 0 Å². The fraction of sp³-hybridized carbons (Fsp3) is 0.500. The lowest BCUT2D eigenvalue weighted by atomic mass is 9.86. The molecule has 21 heavy (non-hydrogen) atoms. The Kier molecular flexibility index (Phi) is 8.31. The topological polar surface area (TPSA) is 67.8 Å². The van der Waals surface area contributed by atoms with E-state index >= 15 is 0 Å². The van der Waals surface area contributed by atoms with Gasteiger partial charge >= 0.3 is 0 Å². The number of benzene rings is 1. The van der Waals surface area contributed by atoms with Crippen molar-refractivity contribution < 1.29 is 9.94 Å². The molecule has 0 fully saturated rings. The number of ether oxygens (including phenoxy) is 1. The monoisotopic (exact) mass is 628 g/mol. The van der Waals surface area contributed by atoms with Crippen molar-refractivity contribution in [1.82, 2.24) is 0 Å². The predicted octanol–water partition coefficient (Wildman–Crippen LogP) is 4.82. The van der Waals surface area contributed by atoms with Gasteiger partial charge < -0.3 is 15.7 Å². The number of amidine groups is 1. The molecule has 1 aromatic carbocycles. The fourth-order valence-electron chi connectivity index (χ4n) is 1.77. The van der Waals surface area contributed by atoms with E-state index in [9.17, 15) is 0 Å². The van der Waals surface area contributed by atoms with Gasteiger partial charge in [-0.15, -0.1) is 0 Å². The number of nitrogens with two attached hydrogens (primary N) is 1. The highest BCUT2D eigenvalue weighted by Gasteiger charge is 2.22. The van der Waals surface area contributed by atoms with Gasteiger partial charge in [0.2, 0.25) is 0 Å². The van der Waals surface area contributed by atoms with Crippen molar-refractivity contribution in [3.63, 3.8) is 0 Å². The second-order valence-corrected chi connectivity index (χ2v) is 8.94. The molecular formula is C14H19I3N2O2. The first-order valence-electron chi connectivity index (χ1n) is 6.53. The summed E-state index contributed by atoms with van der Waals surface area (Å²) >= 11 is 6.92. The van der Waals surface area contributed by atoms with Crippen LogP contribution in [0.1, 0.15) is 33.1 Å². The molecule has 1 aromatic rings. The van der Waals surface area contributed by atoms with E-state index < -0.39 is 0 Å². The van der Waals surface area contributed by atoms with E-state index in [1.165, 1.54) is 3.57 Å². The minimum Gasteiger partial charge on any atom is -0.491 e. The average molecular weight is 628 g/mol. The Morgan fingerprint density at radius 3 is 2.33 bits per heavy atom. The normalized spacial score (nSPS) is 12.5. The Hall–Kier alpha value is 0.480. The van der Waals surface area contributed by atoms with Gasteiger partial charge in [0.1, 0.15) is 11.6 Å². The van der Waals surface area contributed by atoms with Gasteiger partial charge in [0.25, 0.3) is 0 Å². The molecule has 0 aliphatic rings. The van der Waals surface area contributed by atoms with Crippen molar-refractivity contribution in [1.29, 1.82) is 0 Å².